The van der Waals surface area contributed by atoms with Gasteiger partial charge in [0.1, 0.15) is 5.75 Å². The van der Waals surface area contributed by atoms with E-state index in [2.05, 4.69) is 22.3 Å². The summed E-state index contributed by atoms with van der Waals surface area (Å²) in [6, 6.07) is 8.42. The van der Waals surface area contributed by atoms with E-state index in [-0.39, 0.29) is 12.6 Å². The smallest absolute Gasteiger partial charge is 0.119 e. The molecule has 0 spiro atoms. The van der Waals surface area contributed by atoms with Gasteiger partial charge in [0.25, 0.3) is 0 Å². The zero-order valence-corrected chi connectivity index (χ0v) is 11.6. The van der Waals surface area contributed by atoms with Crippen LogP contribution in [0.3, 0.4) is 0 Å². The number of ether oxygens (including phenoxy) is 1. The first kappa shape index (κ1) is 14.3. The van der Waals surface area contributed by atoms with Gasteiger partial charge in [0.15, 0.2) is 0 Å². The molecule has 1 fully saturated rings. The van der Waals surface area contributed by atoms with Gasteiger partial charge in [-0.3, -0.25) is 4.90 Å². The average molecular weight is 264 g/mol. The van der Waals surface area contributed by atoms with Gasteiger partial charge in [-0.2, -0.15) is 0 Å². The lowest BCUT2D eigenvalue weighted by molar-refractivity contribution is 0.110. The Morgan fingerprint density at radius 2 is 1.95 bits per heavy atom. The number of benzene rings is 1. The Hall–Kier alpha value is -1.10. The molecule has 4 nitrogen and oxygen atoms in total. The van der Waals surface area contributed by atoms with Crippen LogP contribution < -0.4 is 10.1 Å². The van der Waals surface area contributed by atoms with Crippen LogP contribution in [0.4, 0.5) is 0 Å². The van der Waals surface area contributed by atoms with Crippen LogP contribution in [0.5, 0.6) is 5.75 Å². The van der Waals surface area contributed by atoms with E-state index in [0.717, 1.165) is 38.3 Å². The van der Waals surface area contributed by atoms with Crippen LogP contribution in [-0.4, -0.2) is 55.4 Å². The number of rotatable bonds is 6. The Balaban J connectivity index is 1.93. The van der Waals surface area contributed by atoms with Crippen LogP contribution in [-0.2, 0) is 6.42 Å². The summed E-state index contributed by atoms with van der Waals surface area (Å²) < 4.78 is 5.44. The molecule has 0 bridgehead atoms. The van der Waals surface area contributed by atoms with Crippen molar-refractivity contribution in [1.82, 2.24) is 10.2 Å². The quantitative estimate of drug-likeness (QED) is 0.801. The summed E-state index contributed by atoms with van der Waals surface area (Å²) in [6.45, 7) is 6.96. The van der Waals surface area contributed by atoms with Crippen molar-refractivity contribution < 1.29 is 9.84 Å². The van der Waals surface area contributed by atoms with Gasteiger partial charge in [-0.1, -0.05) is 12.1 Å². The molecule has 0 aliphatic carbocycles. The van der Waals surface area contributed by atoms with Crippen molar-refractivity contribution in [1.29, 1.82) is 0 Å². The first-order chi connectivity index (χ1) is 9.33. The fourth-order valence-corrected chi connectivity index (χ4v) is 2.52. The molecular weight excluding hydrogens is 240 g/mol. The van der Waals surface area contributed by atoms with Crippen molar-refractivity contribution >= 4 is 0 Å². The van der Waals surface area contributed by atoms with E-state index in [9.17, 15) is 5.11 Å². The van der Waals surface area contributed by atoms with Gasteiger partial charge in [0, 0.05) is 32.2 Å². The second-order valence-electron chi connectivity index (χ2n) is 4.90. The van der Waals surface area contributed by atoms with Crippen LogP contribution in [0.15, 0.2) is 24.3 Å². The molecule has 1 aliphatic rings. The third-order valence-corrected chi connectivity index (χ3v) is 3.58. The topological polar surface area (TPSA) is 44.7 Å². The van der Waals surface area contributed by atoms with Crippen molar-refractivity contribution in [3.63, 3.8) is 0 Å². The van der Waals surface area contributed by atoms with Gasteiger partial charge < -0.3 is 15.2 Å². The first-order valence-electron chi connectivity index (χ1n) is 7.11. The summed E-state index contributed by atoms with van der Waals surface area (Å²) in [6.07, 6.45) is 0.892. The number of nitrogens with one attached hydrogen (secondary N) is 1. The highest BCUT2D eigenvalue weighted by molar-refractivity contribution is 5.27. The van der Waals surface area contributed by atoms with Gasteiger partial charge in [-0.15, -0.1) is 0 Å². The number of aliphatic hydroxyl groups is 1. The lowest BCUT2D eigenvalue weighted by Crippen LogP contribution is -2.50. The van der Waals surface area contributed by atoms with Crippen molar-refractivity contribution in [2.45, 2.75) is 19.4 Å². The molecule has 0 amide bonds. The molecule has 106 valence electrons. The molecule has 0 aromatic heterocycles. The second-order valence-corrected chi connectivity index (χ2v) is 4.90. The van der Waals surface area contributed by atoms with Gasteiger partial charge in [-0.05, 0) is 31.0 Å². The van der Waals surface area contributed by atoms with Crippen LogP contribution in [0.2, 0.25) is 0 Å². The van der Waals surface area contributed by atoms with E-state index in [1.54, 1.807) is 0 Å². The molecule has 19 heavy (non-hydrogen) atoms. The molecule has 2 rings (SSSR count). The molecule has 1 saturated heterocycles. The van der Waals surface area contributed by atoms with Crippen molar-refractivity contribution in [3.05, 3.63) is 29.8 Å². The van der Waals surface area contributed by atoms with Crippen molar-refractivity contribution in [2.75, 3.05) is 39.4 Å². The van der Waals surface area contributed by atoms with Crippen LogP contribution in [0, 0.1) is 0 Å². The van der Waals surface area contributed by atoms with Gasteiger partial charge in [0.05, 0.1) is 13.2 Å². The number of aliphatic hydroxyl groups excluding tert-OH is 1. The summed E-state index contributed by atoms with van der Waals surface area (Å²) in [5, 5.41) is 12.9. The molecule has 1 atom stereocenters. The number of piperazine rings is 1. The van der Waals surface area contributed by atoms with E-state index in [0.29, 0.717) is 6.61 Å². The van der Waals surface area contributed by atoms with Gasteiger partial charge >= 0.3 is 0 Å². The molecule has 1 aromatic carbocycles. The highest BCUT2D eigenvalue weighted by Gasteiger charge is 2.19. The minimum absolute atomic E-state index is 0.215. The summed E-state index contributed by atoms with van der Waals surface area (Å²) in [5.41, 5.74) is 1.25. The maximum atomic E-state index is 9.59. The summed E-state index contributed by atoms with van der Waals surface area (Å²) in [7, 11) is 0. The predicted octanol–water partition coefficient (Wildman–Crippen LogP) is 0.894. The van der Waals surface area contributed by atoms with E-state index >= 15 is 0 Å². The Morgan fingerprint density at radius 1 is 1.26 bits per heavy atom. The molecule has 1 heterocycles. The van der Waals surface area contributed by atoms with Crippen LogP contribution in [0.1, 0.15) is 12.5 Å². The standard InChI is InChI=1S/C15H24N2O2/c1-2-19-15-5-3-13(4-6-15)11-14(12-18)17-9-7-16-8-10-17/h3-6,14,16,18H,2,7-12H2,1H3. The maximum Gasteiger partial charge on any atom is 0.119 e. The van der Waals surface area contributed by atoms with Gasteiger partial charge in [-0.25, -0.2) is 0 Å². The minimum Gasteiger partial charge on any atom is -0.494 e. The molecule has 1 aliphatic heterocycles. The molecule has 2 N–H and O–H groups in total. The predicted molar refractivity (Wildman–Crippen MR) is 76.6 cm³/mol. The number of nitrogens with zero attached hydrogens (tertiary/aromatic N) is 1. The first-order valence-corrected chi connectivity index (χ1v) is 7.11. The fourth-order valence-electron chi connectivity index (χ4n) is 2.52. The zero-order chi connectivity index (χ0) is 13.5. The van der Waals surface area contributed by atoms with Crippen molar-refractivity contribution in [3.8, 4) is 5.75 Å². The normalized spacial score (nSPS) is 18.2. The van der Waals surface area contributed by atoms with Crippen LogP contribution >= 0.6 is 0 Å². The third-order valence-electron chi connectivity index (χ3n) is 3.58. The van der Waals surface area contributed by atoms with E-state index in [1.165, 1.54) is 5.56 Å². The summed E-state index contributed by atoms with van der Waals surface area (Å²) in [4.78, 5) is 2.37. The lowest BCUT2D eigenvalue weighted by atomic mass is 10.0. The molecule has 0 radical (unpaired) electrons. The minimum atomic E-state index is 0.215. The Labute approximate surface area is 115 Å². The summed E-state index contributed by atoms with van der Waals surface area (Å²) >= 11 is 0. The molecular formula is C15H24N2O2. The van der Waals surface area contributed by atoms with E-state index in [1.807, 2.05) is 19.1 Å². The summed E-state index contributed by atoms with van der Waals surface area (Å²) in [5.74, 6) is 0.911. The van der Waals surface area contributed by atoms with Crippen molar-refractivity contribution in [2.24, 2.45) is 0 Å². The molecule has 1 aromatic rings. The highest BCUT2D eigenvalue weighted by Crippen LogP contribution is 2.15. The average Bonchev–Trinajstić information content (AvgIpc) is 2.48. The third kappa shape index (κ3) is 4.20. The zero-order valence-electron chi connectivity index (χ0n) is 11.6. The molecule has 1 unspecified atom stereocenters. The Kier molecular flexibility index (Phi) is 5.63. The molecule has 4 heteroatoms. The largest absolute Gasteiger partial charge is 0.494 e. The fraction of sp³-hybridized carbons (Fsp3) is 0.600. The second kappa shape index (κ2) is 7.48. The lowest BCUT2D eigenvalue weighted by Gasteiger charge is -2.34. The van der Waals surface area contributed by atoms with E-state index < -0.39 is 0 Å². The Bertz CT molecular complexity index is 361. The molecule has 0 saturated carbocycles. The van der Waals surface area contributed by atoms with Gasteiger partial charge in [0.2, 0.25) is 0 Å². The monoisotopic (exact) mass is 264 g/mol. The van der Waals surface area contributed by atoms with Crippen LogP contribution in [0.25, 0.3) is 0 Å². The van der Waals surface area contributed by atoms with E-state index in [4.69, 9.17) is 4.74 Å². The highest BCUT2D eigenvalue weighted by atomic mass is 16.5. The Morgan fingerprint density at radius 3 is 2.53 bits per heavy atom. The SMILES string of the molecule is CCOc1ccc(CC(CO)N2CCNCC2)cc1. The maximum absolute atomic E-state index is 9.59. The number of hydrogen-bond acceptors (Lipinski definition) is 4. The number of hydrogen-bond donors (Lipinski definition) is 2.